The number of benzene rings is 3. The van der Waals surface area contributed by atoms with Crippen LogP contribution in [0.2, 0.25) is 0 Å². The summed E-state index contributed by atoms with van der Waals surface area (Å²) in [5, 5.41) is 18.6. The van der Waals surface area contributed by atoms with Crippen molar-refractivity contribution in [1.82, 2.24) is 0 Å². The van der Waals surface area contributed by atoms with E-state index in [1.807, 2.05) is 0 Å². The van der Waals surface area contributed by atoms with Crippen LogP contribution in [0.25, 0.3) is 6.08 Å². The molecule has 3 aromatic carbocycles. The van der Waals surface area contributed by atoms with Gasteiger partial charge in [0.2, 0.25) is 0 Å². The lowest BCUT2D eigenvalue weighted by Gasteiger charge is -2.18. The van der Waals surface area contributed by atoms with Gasteiger partial charge in [0.05, 0.1) is 16.8 Å². The Morgan fingerprint density at radius 3 is 2.27 bits per heavy atom. The Morgan fingerprint density at radius 2 is 1.63 bits per heavy atom. The zero-order valence-corrected chi connectivity index (χ0v) is 15.5. The van der Waals surface area contributed by atoms with Crippen LogP contribution in [0, 0.1) is 5.82 Å². The van der Waals surface area contributed by atoms with Crippen LogP contribution in [0.5, 0.6) is 5.75 Å². The number of hydrogen-bond acceptors (Lipinski definition) is 4. The van der Waals surface area contributed by atoms with Crippen LogP contribution in [-0.2, 0) is 4.79 Å². The number of aromatic carboxylic acids is 1. The highest BCUT2D eigenvalue weighted by Gasteiger charge is 2.33. The zero-order chi connectivity index (χ0) is 21.3. The fraction of sp³-hybridized carbons (Fsp3) is 0. The predicted octanol–water partition coefficient (Wildman–Crippen LogP) is 4.06. The Balaban J connectivity index is 1.80. The van der Waals surface area contributed by atoms with E-state index in [4.69, 9.17) is 5.11 Å². The molecule has 0 aliphatic carbocycles. The van der Waals surface area contributed by atoms with Gasteiger partial charge in [-0.05, 0) is 60.2 Å². The monoisotopic (exact) mass is 402 g/mol. The number of carbonyl (C=O) groups excluding carboxylic acids is 1. The van der Waals surface area contributed by atoms with Crippen LogP contribution in [0.3, 0.4) is 0 Å². The van der Waals surface area contributed by atoms with E-state index < -0.39 is 17.7 Å². The summed E-state index contributed by atoms with van der Waals surface area (Å²) >= 11 is 0. The number of rotatable bonds is 4. The van der Waals surface area contributed by atoms with Gasteiger partial charge < -0.3 is 10.2 Å². The number of hydrogen-bond donors (Lipinski definition) is 2. The van der Waals surface area contributed by atoms with Crippen molar-refractivity contribution in [3.8, 4) is 5.75 Å². The van der Waals surface area contributed by atoms with E-state index in [0.29, 0.717) is 11.3 Å². The Hall–Kier alpha value is -4.26. The van der Waals surface area contributed by atoms with E-state index in [-0.39, 0.29) is 28.4 Å². The van der Waals surface area contributed by atoms with Gasteiger partial charge in [-0.1, -0.05) is 24.3 Å². The first-order valence-corrected chi connectivity index (χ1v) is 8.96. The van der Waals surface area contributed by atoms with Crippen molar-refractivity contribution in [2.75, 3.05) is 4.90 Å². The highest BCUT2D eigenvalue weighted by molar-refractivity contribution is 6.33. The summed E-state index contributed by atoms with van der Waals surface area (Å²) < 4.78 is 14.5. The molecule has 3 aromatic rings. The van der Waals surface area contributed by atoms with Gasteiger partial charge in [-0.3, -0.25) is 9.69 Å². The summed E-state index contributed by atoms with van der Waals surface area (Å²) in [4.78, 5) is 29.8. The highest BCUT2D eigenvalue weighted by atomic mass is 19.1. The molecule has 7 heteroatoms. The highest BCUT2D eigenvalue weighted by Crippen LogP contribution is 2.29. The molecule has 6 nitrogen and oxygen atoms in total. The third-order valence-corrected chi connectivity index (χ3v) is 4.54. The molecule has 1 aliphatic heterocycles. The van der Waals surface area contributed by atoms with E-state index >= 15 is 0 Å². The summed E-state index contributed by atoms with van der Waals surface area (Å²) in [6.07, 6.45) is 1.51. The number of nitrogens with zero attached hydrogens (tertiary/aromatic N) is 2. The first kappa shape index (κ1) is 19.1. The minimum atomic E-state index is -1.05. The number of carbonyl (C=O) groups is 2. The molecule has 148 valence electrons. The molecule has 0 aromatic heterocycles. The molecule has 0 unspecified atom stereocenters. The summed E-state index contributed by atoms with van der Waals surface area (Å²) in [5.74, 6) is -1.90. The smallest absolute Gasteiger partial charge is 0.335 e. The minimum Gasteiger partial charge on any atom is -0.508 e. The average Bonchev–Trinajstić information content (AvgIpc) is 3.05. The van der Waals surface area contributed by atoms with E-state index in [2.05, 4.69) is 4.99 Å². The standard InChI is InChI=1S/C23H15FN2O4/c24-19-4-2-1-3-18(19)21-25-20(13-14-5-7-15(8-6-14)23(29)30)22(28)26(21)16-9-11-17(27)12-10-16/h1-13,27H,(H,29,30)/b20-13+. The fourth-order valence-corrected chi connectivity index (χ4v) is 3.06. The van der Waals surface area contributed by atoms with Crippen LogP contribution < -0.4 is 4.90 Å². The minimum absolute atomic E-state index is 0.0315. The van der Waals surface area contributed by atoms with Crippen molar-refractivity contribution in [2.45, 2.75) is 0 Å². The third-order valence-electron chi connectivity index (χ3n) is 4.54. The maximum Gasteiger partial charge on any atom is 0.335 e. The second-order valence-electron chi connectivity index (χ2n) is 6.53. The molecule has 30 heavy (non-hydrogen) atoms. The molecule has 1 amide bonds. The number of amidine groups is 1. The molecule has 1 aliphatic rings. The second kappa shape index (κ2) is 7.63. The van der Waals surface area contributed by atoms with Crippen LogP contribution in [0.4, 0.5) is 10.1 Å². The van der Waals surface area contributed by atoms with Gasteiger partial charge in [-0.25, -0.2) is 14.2 Å². The zero-order valence-electron chi connectivity index (χ0n) is 15.5. The first-order valence-electron chi connectivity index (χ1n) is 8.96. The molecule has 0 saturated carbocycles. The second-order valence-corrected chi connectivity index (χ2v) is 6.53. The number of carboxylic acids is 1. The Labute approximate surface area is 170 Å². The van der Waals surface area contributed by atoms with Crippen molar-refractivity contribution >= 4 is 29.5 Å². The normalized spacial score (nSPS) is 14.8. The Kier molecular flexibility index (Phi) is 4.85. The molecule has 0 spiro atoms. The SMILES string of the molecule is O=C(O)c1ccc(/C=C2/N=C(c3ccccc3F)N(c3ccc(O)cc3)C2=O)cc1. The molecule has 0 radical (unpaired) electrons. The van der Waals surface area contributed by atoms with Crippen LogP contribution >= 0.6 is 0 Å². The fourth-order valence-electron chi connectivity index (χ4n) is 3.06. The molecule has 2 N–H and O–H groups in total. The first-order chi connectivity index (χ1) is 14.4. The lowest BCUT2D eigenvalue weighted by Crippen LogP contribution is -2.33. The Bertz CT molecular complexity index is 1200. The molecule has 0 atom stereocenters. The lowest BCUT2D eigenvalue weighted by atomic mass is 10.1. The van der Waals surface area contributed by atoms with Gasteiger partial charge >= 0.3 is 5.97 Å². The van der Waals surface area contributed by atoms with Crippen molar-refractivity contribution in [3.63, 3.8) is 0 Å². The molecular weight excluding hydrogens is 387 g/mol. The molecule has 4 rings (SSSR count). The average molecular weight is 402 g/mol. The third kappa shape index (κ3) is 3.56. The maximum absolute atomic E-state index is 14.5. The van der Waals surface area contributed by atoms with Crippen molar-refractivity contribution < 1.29 is 24.2 Å². The van der Waals surface area contributed by atoms with Gasteiger partial charge in [-0.2, -0.15) is 0 Å². The van der Waals surface area contributed by atoms with E-state index in [0.717, 1.165) is 0 Å². The summed E-state index contributed by atoms with van der Waals surface area (Å²) in [6.45, 7) is 0. The largest absolute Gasteiger partial charge is 0.508 e. The topological polar surface area (TPSA) is 90.2 Å². The summed E-state index contributed by atoms with van der Waals surface area (Å²) in [7, 11) is 0. The van der Waals surface area contributed by atoms with E-state index in [9.17, 15) is 19.1 Å². The molecule has 1 heterocycles. The van der Waals surface area contributed by atoms with E-state index in [1.165, 1.54) is 59.5 Å². The maximum atomic E-state index is 14.5. The molecule has 0 bridgehead atoms. The number of anilines is 1. The number of amides is 1. The van der Waals surface area contributed by atoms with Gasteiger partial charge in [-0.15, -0.1) is 0 Å². The van der Waals surface area contributed by atoms with Gasteiger partial charge in [0.1, 0.15) is 17.3 Å². The van der Waals surface area contributed by atoms with Gasteiger partial charge in [0.15, 0.2) is 5.84 Å². The molecule has 0 saturated heterocycles. The van der Waals surface area contributed by atoms with Gasteiger partial charge in [0.25, 0.3) is 5.91 Å². The molecular formula is C23H15FN2O4. The number of phenolic OH excluding ortho intramolecular Hbond substituents is 1. The predicted molar refractivity (Wildman–Crippen MR) is 110 cm³/mol. The van der Waals surface area contributed by atoms with E-state index in [1.54, 1.807) is 24.3 Å². The lowest BCUT2D eigenvalue weighted by molar-refractivity contribution is -0.113. The number of carboxylic acid groups (broad SMARTS) is 1. The Morgan fingerprint density at radius 1 is 0.967 bits per heavy atom. The number of phenols is 1. The quantitative estimate of drug-likeness (QED) is 0.644. The van der Waals surface area contributed by atoms with Crippen LogP contribution in [-0.4, -0.2) is 27.9 Å². The number of aliphatic imine (C=N–C) groups is 1. The van der Waals surface area contributed by atoms with Crippen molar-refractivity contribution in [2.24, 2.45) is 4.99 Å². The number of halogens is 1. The van der Waals surface area contributed by atoms with Crippen molar-refractivity contribution in [3.05, 3.63) is 101 Å². The summed E-state index contributed by atoms with van der Waals surface area (Å²) in [6, 6.07) is 17.9. The van der Waals surface area contributed by atoms with Crippen LogP contribution in [0.15, 0.2) is 83.5 Å². The molecule has 0 fully saturated rings. The van der Waals surface area contributed by atoms with Gasteiger partial charge in [0, 0.05) is 0 Å². The van der Waals surface area contributed by atoms with Crippen molar-refractivity contribution in [1.29, 1.82) is 0 Å². The summed E-state index contributed by atoms with van der Waals surface area (Å²) in [5.41, 5.74) is 1.35. The number of aromatic hydroxyl groups is 1. The van der Waals surface area contributed by atoms with Crippen LogP contribution in [0.1, 0.15) is 21.5 Å².